The van der Waals surface area contributed by atoms with E-state index in [1.165, 1.54) is 10.4 Å². The van der Waals surface area contributed by atoms with Gasteiger partial charge in [0.05, 0.1) is 5.02 Å². The summed E-state index contributed by atoms with van der Waals surface area (Å²) >= 11 is 14.0. The monoisotopic (exact) mass is 368 g/mol. The highest BCUT2D eigenvalue weighted by Crippen LogP contribution is 2.32. The van der Waals surface area contributed by atoms with Gasteiger partial charge in [0.1, 0.15) is 4.90 Å². The lowest BCUT2D eigenvalue weighted by atomic mass is 10.2. The van der Waals surface area contributed by atoms with Crippen LogP contribution < -0.4 is 5.32 Å². The van der Waals surface area contributed by atoms with Crippen LogP contribution >= 0.6 is 35.0 Å². The Morgan fingerprint density at radius 2 is 2.10 bits per heavy atom. The van der Waals surface area contributed by atoms with Crippen molar-refractivity contribution in [3.63, 3.8) is 0 Å². The lowest BCUT2D eigenvalue weighted by Crippen LogP contribution is -2.37. The molecule has 4 nitrogen and oxygen atoms in total. The van der Waals surface area contributed by atoms with Crippen molar-refractivity contribution in [2.75, 3.05) is 25.6 Å². The second-order valence-electron chi connectivity index (χ2n) is 4.94. The molecular formula is C13H18Cl2N2O2S2. The van der Waals surface area contributed by atoms with Crippen LogP contribution in [0.2, 0.25) is 10.0 Å². The van der Waals surface area contributed by atoms with Crippen molar-refractivity contribution in [3.8, 4) is 0 Å². The Hall–Kier alpha value is 0.0200. The average molecular weight is 369 g/mol. The van der Waals surface area contributed by atoms with Crippen LogP contribution in [0.1, 0.15) is 12.0 Å². The molecule has 0 aromatic heterocycles. The summed E-state index contributed by atoms with van der Waals surface area (Å²) in [6.07, 6.45) is 0.870. The van der Waals surface area contributed by atoms with E-state index >= 15 is 0 Å². The van der Waals surface area contributed by atoms with Gasteiger partial charge in [0.2, 0.25) is 10.0 Å². The van der Waals surface area contributed by atoms with Crippen LogP contribution in [-0.2, 0) is 16.6 Å². The first-order valence-electron chi connectivity index (χ1n) is 6.56. The Morgan fingerprint density at radius 3 is 2.67 bits per heavy atom. The molecule has 1 fully saturated rings. The summed E-state index contributed by atoms with van der Waals surface area (Å²) in [5, 5.41) is 3.60. The summed E-state index contributed by atoms with van der Waals surface area (Å²) in [5.41, 5.74) is 0.719. The Kier molecular flexibility index (Phi) is 5.84. The number of hydrogen-bond donors (Lipinski definition) is 1. The molecule has 0 aliphatic carbocycles. The zero-order chi connectivity index (χ0) is 15.6. The van der Waals surface area contributed by atoms with Crippen LogP contribution in [0.15, 0.2) is 17.0 Å². The van der Waals surface area contributed by atoms with Crippen LogP contribution in [0.3, 0.4) is 0 Å². The van der Waals surface area contributed by atoms with Crippen LogP contribution in [0.4, 0.5) is 0 Å². The average Bonchev–Trinajstić information content (AvgIpc) is 2.94. The molecule has 21 heavy (non-hydrogen) atoms. The van der Waals surface area contributed by atoms with Gasteiger partial charge in [0, 0.05) is 30.4 Å². The van der Waals surface area contributed by atoms with Crippen molar-refractivity contribution in [1.29, 1.82) is 0 Å². The van der Waals surface area contributed by atoms with Gasteiger partial charge in [-0.25, -0.2) is 8.42 Å². The molecule has 1 aromatic rings. The molecule has 0 amide bonds. The number of sulfonamides is 1. The van der Waals surface area contributed by atoms with Crippen LogP contribution in [0.5, 0.6) is 0 Å². The van der Waals surface area contributed by atoms with Gasteiger partial charge in [-0.3, -0.25) is 0 Å². The highest BCUT2D eigenvalue weighted by atomic mass is 35.5. The van der Waals surface area contributed by atoms with Gasteiger partial charge < -0.3 is 5.32 Å². The van der Waals surface area contributed by atoms with E-state index in [0.29, 0.717) is 11.6 Å². The molecular weight excluding hydrogens is 351 g/mol. The number of nitrogens with zero attached hydrogens (tertiary/aromatic N) is 1. The van der Waals surface area contributed by atoms with E-state index in [-0.39, 0.29) is 16.0 Å². The van der Waals surface area contributed by atoms with Crippen molar-refractivity contribution in [1.82, 2.24) is 9.62 Å². The lowest BCUT2D eigenvalue weighted by molar-refractivity contribution is 0.394. The van der Waals surface area contributed by atoms with Gasteiger partial charge in [0.15, 0.2) is 0 Å². The smallest absolute Gasteiger partial charge is 0.244 e. The molecule has 1 aliphatic rings. The van der Waals surface area contributed by atoms with Gasteiger partial charge in [-0.15, -0.1) is 0 Å². The van der Waals surface area contributed by atoms with Crippen LogP contribution in [0, 0.1) is 0 Å². The highest BCUT2D eigenvalue weighted by molar-refractivity contribution is 7.99. The molecule has 8 heteroatoms. The lowest BCUT2D eigenvalue weighted by Gasteiger charge is -2.24. The molecule has 118 valence electrons. The number of hydrogen-bond acceptors (Lipinski definition) is 4. The molecule has 1 aromatic carbocycles. The number of thioether (sulfide) groups is 1. The molecule has 0 bridgehead atoms. The number of benzene rings is 1. The maximum Gasteiger partial charge on any atom is 0.244 e. The van der Waals surface area contributed by atoms with Crippen LogP contribution in [-0.4, -0.2) is 44.4 Å². The summed E-state index contributed by atoms with van der Waals surface area (Å²) in [7, 11) is -0.211. The Bertz CT molecular complexity index is 617. The second kappa shape index (κ2) is 7.06. The third-order valence-corrected chi connectivity index (χ3v) is 7.42. The van der Waals surface area contributed by atoms with E-state index < -0.39 is 10.0 Å². The predicted octanol–water partition coefficient (Wildman–Crippen LogP) is 2.84. The quantitative estimate of drug-likeness (QED) is 0.867. The maximum absolute atomic E-state index is 12.8. The van der Waals surface area contributed by atoms with E-state index in [2.05, 4.69) is 5.32 Å². The van der Waals surface area contributed by atoms with Crippen molar-refractivity contribution < 1.29 is 8.42 Å². The van der Waals surface area contributed by atoms with E-state index in [0.717, 1.165) is 23.5 Å². The minimum atomic E-state index is -3.61. The SMILES string of the molecule is CNCc1cc(S(=O)(=O)N(C)C2CCSC2)c(Cl)cc1Cl. The Labute approximate surface area is 140 Å². The fourth-order valence-electron chi connectivity index (χ4n) is 2.26. The highest BCUT2D eigenvalue weighted by Gasteiger charge is 2.32. The van der Waals surface area contributed by atoms with E-state index in [1.54, 1.807) is 31.9 Å². The van der Waals surface area contributed by atoms with E-state index in [1.807, 2.05) is 0 Å². The van der Waals surface area contributed by atoms with Crippen molar-refractivity contribution >= 4 is 45.0 Å². The first kappa shape index (κ1) is 17.4. The second-order valence-corrected chi connectivity index (χ2v) is 8.87. The van der Waals surface area contributed by atoms with Gasteiger partial charge >= 0.3 is 0 Å². The Balaban J connectivity index is 2.41. The third kappa shape index (κ3) is 3.68. The van der Waals surface area contributed by atoms with E-state index in [4.69, 9.17) is 23.2 Å². The molecule has 0 radical (unpaired) electrons. The summed E-state index contributed by atoms with van der Waals surface area (Å²) < 4.78 is 27.0. The molecule has 1 heterocycles. The molecule has 1 unspecified atom stereocenters. The topological polar surface area (TPSA) is 49.4 Å². The molecule has 1 saturated heterocycles. The number of rotatable bonds is 5. The number of nitrogens with one attached hydrogen (secondary N) is 1. The molecule has 1 aliphatic heterocycles. The maximum atomic E-state index is 12.8. The normalized spacial score (nSPS) is 19.4. The molecule has 2 rings (SSSR count). The summed E-state index contributed by atoms with van der Waals surface area (Å²) in [4.78, 5) is 0.123. The zero-order valence-corrected chi connectivity index (χ0v) is 15.0. The fraction of sp³-hybridized carbons (Fsp3) is 0.538. The predicted molar refractivity (Wildman–Crippen MR) is 89.9 cm³/mol. The fourth-order valence-corrected chi connectivity index (χ4v) is 5.84. The zero-order valence-electron chi connectivity index (χ0n) is 11.9. The molecule has 0 saturated carbocycles. The van der Waals surface area contributed by atoms with Gasteiger partial charge in [-0.2, -0.15) is 16.1 Å². The van der Waals surface area contributed by atoms with E-state index in [9.17, 15) is 8.42 Å². The minimum absolute atomic E-state index is 0.0273. The van der Waals surface area contributed by atoms with Gasteiger partial charge in [-0.1, -0.05) is 23.2 Å². The minimum Gasteiger partial charge on any atom is -0.316 e. The van der Waals surface area contributed by atoms with Crippen molar-refractivity contribution in [2.24, 2.45) is 0 Å². The van der Waals surface area contributed by atoms with Gasteiger partial charge in [0.25, 0.3) is 0 Å². The van der Waals surface area contributed by atoms with Crippen molar-refractivity contribution in [2.45, 2.75) is 23.9 Å². The molecule has 1 atom stereocenters. The Morgan fingerprint density at radius 1 is 1.38 bits per heavy atom. The van der Waals surface area contributed by atoms with Crippen molar-refractivity contribution in [3.05, 3.63) is 27.7 Å². The summed E-state index contributed by atoms with van der Waals surface area (Å²) in [6, 6.07) is 3.09. The standard InChI is InChI=1S/C13H18Cl2N2O2S2/c1-16-7-9-5-13(12(15)6-11(9)14)21(18,19)17(2)10-3-4-20-8-10/h5-6,10,16H,3-4,7-8H2,1-2H3. The number of halogens is 2. The third-order valence-electron chi connectivity index (χ3n) is 3.55. The van der Waals surface area contributed by atoms with Gasteiger partial charge in [-0.05, 0) is 36.9 Å². The summed E-state index contributed by atoms with van der Waals surface area (Å²) in [5.74, 6) is 1.81. The first-order chi connectivity index (χ1) is 9.87. The molecule has 1 N–H and O–H groups in total. The molecule has 0 spiro atoms. The largest absolute Gasteiger partial charge is 0.316 e. The summed E-state index contributed by atoms with van der Waals surface area (Å²) in [6.45, 7) is 0.488. The van der Waals surface area contributed by atoms with Crippen LogP contribution in [0.25, 0.3) is 0 Å². The first-order valence-corrected chi connectivity index (χ1v) is 9.91.